The summed E-state index contributed by atoms with van der Waals surface area (Å²) in [5, 5.41) is 22.0. The Balaban J connectivity index is 2.16. The third-order valence-corrected chi connectivity index (χ3v) is 5.34. The predicted molar refractivity (Wildman–Crippen MR) is 114 cm³/mol. The summed E-state index contributed by atoms with van der Waals surface area (Å²) >= 11 is 0. The molecule has 1 atom stereocenters. The average Bonchev–Trinajstić information content (AvgIpc) is 2.68. The number of aliphatic hydroxyl groups excluding tert-OH is 1. The molecule has 0 aliphatic carbocycles. The van der Waals surface area contributed by atoms with Crippen molar-refractivity contribution in [1.29, 1.82) is 0 Å². The van der Waals surface area contributed by atoms with Crippen molar-refractivity contribution < 1.29 is 28.2 Å². The second-order valence-electron chi connectivity index (χ2n) is 8.59. The van der Waals surface area contributed by atoms with E-state index >= 15 is 0 Å². The number of aliphatic hydroxyl groups is 1. The highest BCUT2D eigenvalue weighted by Crippen LogP contribution is 2.33. The lowest BCUT2D eigenvalue weighted by Gasteiger charge is -2.33. The van der Waals surface area contributed by atoms with Gasteiger partial charge in [0.25, 0.3) is 0 Å². The number of halogens is 3. The van der Waals surface area contributed by atoms with E-state index in [1.54, 1.807) is 0 Å². The molecular weight excluding hydrogens is 425 g/mol. The Kier molecular flexibility index (Phi) is 6.32. The standard InChI is InChI=1S/C23H23F3N2O4/c1-23(2,3)20(11-29)28-10-15(22(31)32)21(30)14-7-18(17(26)8-19(14)28)27-9-12-4-5-13(24)6-16(12)25/h4-8,10,20,27,29H,9,11H2,1-3H3,(H,31,32)/t20-/m1/s1. The van der Waals surface area contributed by atoms with Crippen LogP contribution in [0.3, 0.4) is 0 Å². The fourth-order valence-corrected chi connectivity index (χ4v) is 3.55. The van der Waals surface area contributed by atoms with E-state index < -0.39 is 45.9 Å². The van der Waals surface area contributed by atoms with Gasteiger partial charge in [-0.1, -0.05) is 26.8 Å². The van der Waals surface area contributed by atoms with Crippen molar-refractivity contribution in [2.75, 3.05) is 11.9 Å². The van der Waals surface area contributed by atoms with Crippen molar-refractivity contribution in [2.24, 2.45) is 5.41 Å². The molecule has 3 N–H and O–H groups in total. The van der Waals surface area contributed by atoms with Crippen molar-refractivity contribution in [3.63, 3.8) is 0 Å². The highest BCUT2D eigenvalue weighted by molar-refractivity contribution is 5.93. The molecule has 0 saturated heterocycles. The highest BCUT2D eigenvalue weighted by atomic mass is 19.1. The summed E-state index contributed by atoms with van der Waals surface area (Å²) in [6, 6.07) is 4.56. The van der Waals surface area contributed by atoms with E-state index in [1.165, 1.54) is 10.6 Å². The fraction of sp³-hybridized carbons (Fsp3) is 0.304. The quantitative estimate of drug-likeness (QED) is 0.523. The van der Waals surface area contributed by atoms with Gasteiger partial charge in [-0.05, 0) is 17.5 Å². The van der Waals surface area contributed by atoms with E-state index in [0.717, 1.165) is 24.4 Å². The molecule has 0 aliphatic rings. The minimum absolute atomic E-state index is 0.0731. The molecule has 170 valence electrons. The van der Waals surface area contributed by atoms with Crippen LogP contribution in [0.4, 0.5) is 18.9 Å². The van der Waals surface area contributed by atoms with Crippen LogP contribution in [0.5, 0.6) is 0 Å². The van der Waals surface area contributed by atoms with E-state index in [9.17, 15) is 33.0 Å². The number of aromatic carboxylic acids is 1. The largest absolute Gasteiger partial charge is 0.477 e. The van der Waals surface area contributed by atoms with Crippen LogP contribution in [0.1, 0.15) is 42.7 Å². The van der Waals surface area contributed by atoms with Crippen LogP contribution in [0.25, 0.3) is 10.9 Å². The second-order valence-corrected chi connectivity index (χ2v) is 8.59. The number of carbonyl (C=O) groups is 1. The average molecular weight is 448 g/mol. The predicted octanol–water partition coefficient (Wildman–Crippen LogP) is 4.31. The molecule has 0 amide bonds. The van der Waals surface area contributed by atoms with E-state index in [4.69, 9.17) is 0 Å². The van der Waals surface area contributed by atoms with Gasteiger partial charge >= 0.3 is 5.97 Å². The maximum Gasteiger partial charge on any atom is 0.341 e. The number of benzene rings is 2. The Morgan fingerprint density at radius 2 is 1.81 bits per heavy atom. The molecule has 6 nitrogen and oxygen atoms in total. The Morgan fingerprint density at radius 3 is 2.38 bits per heavy atom. The summed E-state index contributed by atoms with van der Waals surface area (Å²) in [6.45, 7) is 4.90. The van der Waals surface area contributed by atoms with Gasteiger partial charge in [0.2, 0.25) is 5.43 Å². The normalized spacial score (nSPS) is 12.7. The van der Waals surface area contributed by atoms with Crippen LogP contribution in [0.2, 0.25) is 0 Å². The lowest BCUT2D eigenvalue weighted by molar-refractivity contribution is 0.0692. The smallest absolute Gasteiger partial charge is 0.341 e. The SMILES string of the molecule is CC(C)(C)[C@@H](CO)n1cc(C(=O)O)c(=O)c2cc(NCc3ccc(F)cc3F)c(F)cc21. The molecule has 0 bridgehead atoms. The van der Waals surface area contributed by atoms with E-state index in [-0.39, 0.29) is 35.3 Å². The number of carboxylic acids is 1. The number of rotatable bonds is 6. The number of pyridine rings is 1. The Labute approximate surface area is 181 Å². The molecule has 1 aromatic heterocycles. The Bertz CT molecular complexity index is 1250. The van der Waals surface area contributed by atoms with Crippen LogP contribution in [0.15, 0.2) is 41.3 Å². The zero-order valence-corrected chi connectivity index (χ0v) is 17.7. The van der Waals surface area contributed by atoms with Crippen LogP contribution in [-0.2, 0) is 6.54 Å². The number of hydrogen-bond donors (Lipinski definition) is 3. The van der Waals surface area contributed by atoms with Crippen molar-refractivity contribution in [2.45, 2.75) is 33.4 Å². The molecule has 32 heavy (non-hydrogen) atoms. The minimum Gasteiger partial charge on any atom is -0.477 e. The van der Waals surface area contributed by atoms with Crippen molar-refractivity contribution in [1.82, 2.24) is 4.57 Å². The van der Waals surface area contributed by atoms with Crippen LogP contribution in [-0.4, -0.2) is 27.4 Å². The summed E-state index contributed by atoms with van der Waals surface area (Å²) in [7, 11) is 0. The number of anilines is 1. The highest BCUT2D eigenvalue weighted by Gasteiger charge is 2.28. The summed E-state index contributed by atoms with van der Waals surface area (Å²) in [5.74, 6) is -3.78. The number of fused-ring (bicyclic) bond motifs is 1. The van der Waals surface area contributed by atoms with Crippen molar-refractivity contribution >= 4 is 22.6 Å². The van der Waals surface area contributed by atoms with E-state index in [0.29, 0.717) is 6.07 Å². The summed E-state index contributed by atoms with van der Waals surface area (Å²) < 4.78 is 43.3. The number of nitrogens with one attached hydrogen (secondary N) is 1. The van der Waals surface area contributed by atoms with E-state index in [2.05, 4.69) is 5.32 Å². The number of nitrogens with zero attached hydrogens (tertiary/aromatic N) is 1. The lowest BCUT2D eigenvalue weighted by atomic mass is 9.86. The van der Waals surface area contributed by atoms with Gasteiger partial charge < -0.3 is 20.1 Å². The topological polar surface area (TPSA) is 91.6 Å². The Morgan fingerprint density at radius 1 is 1.12 bits per heavy atom. The van der Waals surface area contributed by atoms with E-state index in [1.807, 2.05) is 20.8 Å². The molecule has 0 aliphatic heterocycles. The minimum atomic E-state index is -1.46. The Hall–Kier alpha value is -3.33. The van der Waals surface area contributed by atoms with Crippen LogP contribution < -0.4 is 10.7 Å². The fourth-order valence-electron chi connectivity index (χ4n) is 3.55. The van der Waals surface area contributed by atoms with Gasteiger partial charge in [0, 0.05) is 35.8 Å². The third kappa shape index (κ3) is 4.47. The number of carboxylic acid groups (broad SMARTS) is 1. The summed E-state index contributed by atoms with van der Waals surface area (Å²) in [6.07, 6.45) is 1.11. The zero-order chi connectivity index (χ0) is 23.8. The molecule has 0 radical (unpaired) electrons. The van der Waals surface area contributed by atoms with Crippen LogP contribution in [0, 0.1) is 22.9 Å². The van der Waals surface area contributed by atoms with Gasteiger partial charge in [-0.3, -0.25) is 4.79 Å². The third-order valence-electron chi connectivity index (χ3n) is 5.34. The van der Waals surface area contributed by atoms with Gasteiger partial charge in [0.1, 0.15) is 23.0 Å². The first-order valence-electron chi connectivity index (χ1n) is 9.84. The summed E-state index contributed by atoms with van der Waals surface area (Å²) in [4.78, 5) is 24.5. The molecule has 0 saturated carbocycles. The van der Waals surface area contributed by atoms with Crippen LogP contribution >= 0.6 is 0 Å². The molecule has 9 heteroatoms. The first kappa shape index (κ1) is 23.3. The van der Waals surface area contributed by atoms with Crippen molar-refractivity contribution in [3.05, 3.63) is 75.3 Å². The number of hydrogen-bond acceptors (Lipinski definition) is 4. The molecular formula is C23H23F3N2O4. The second kappa shape index (κ2) is 8.66. The van der Waals surface area contributed by atoms with Gasteiger partial charge in [0.15, 0.2) is 0 Å². The van der Waals surface area contributed by atoms with Gasteiger partial charge in [-0.2, -0.15) is 0 Å². The van der Waals surface area contributed by atoms with Gasteiger partial charge in [-0.15, -0.1) is 0 Å². The molecule has 0 unspecified atom stereocenters. The van der Waals surface area contributed by atoms with Crippen molar-refractivity contribution in [3.8, 4) is 0 Å². The molecule has 0 spiro atoms. The number of aromatic nitrogens is 1. The molecule has 3 aromatic rings. The monoisotopic (exact) mass is 448 g/mol. The molecule has 1 heterocycles. The maximum atomic E-state index is 14.9. The lowest BCUT2D eigenvalue weighted by Crippen LogP contribution is -2.30. The first-order valence-corrected chi connectivity index (χ1v) is 9.84. The van der Waals surface area contributed by atoms with Gasteiger partial charge in [-0.25, -0.2) is 18.0 Å². The molecule has 0 fully saturated rings. The first-order chi connectivity index (χ1) is 14.9. The zero-order valence-electron chi connectivity index (χ0n) is 17.7. The molecule has 2 aromatic carbocycles. The maximum absolute atomic E-state index is 14.9. The summed E-state index contributed by atoms with van der Waals surface area (Å²) in [5.41, 5.74) is -1.84. The molecule has 3 rings (SSSR count). The van der Waals surface area contributed by atoms with Gasteiger partial charge in [0.05, 0.1) is 23.9 Å².